The van der Waals surface area contributed by atoms with Gasteiger partial charge in [0.25, 0.3) is 11.8 Å². The SMILES string of the molecule is O=C1c2ccc(F)cc2C(=O)N1C1CCCCC1. The first-order valence-corrected chi connectivity index (χ1v) is 6.36. The lowest BCUT2D eigenvalue weighted by Crippen LogP contribution is -2.40. The molecule has 1 heterocycles. The van der Waals surface area contributed by atoms with Crippen LogP contribution < -0.4 is 0 Å². The van der Waals surface area contributed by atoms with Crippen LogP contribution in [-0.2, 0) is 0 Å². The van der Waals surface area contributed by atoms with Gasteiger partial charge in [-0.05, 0) is 31.0 Å². The maximum Gasteiger partial charge on any atom is 0.261 e. The molecular formula is C14H14FNO2. The Balaban J connectivity index is 1.96. The van der Waals surface area contributed by atoms with Gasteiger partial charge in [0, 0.05) is 6.04 Å². The third kappa shape index (κ3) is 1.64. The minimum absolute atomic E-state index is 0.00536. The van der Waals surface area contributed by atoms with Gasteiger partial charge in [-0.2, -0.15) is 0 Å². The molecule has 3 nitrogen and oxygen atoms in total. The van der Waals surface area contributed by atoms with Crippen LogP contribution in [0.25, 0.3) is 0 Å². The van der Waals surface area contributed by atoms with Crippen molar-refractivity contribution >= 4 is 11.8 Å². The number of amides is 2. The predicted molar refractivity (Wildman–Crippen MR) is 63.8 cm³/mol. The molecule has 0 N–H and O–H groups in total. The van der Waals surface area contributed by atoms with Crippen LogP contribution in [0.5, 0.6) is 0 Å². The van der Waals surface area contributed by atoms with Gasteiger partial charge in [0.1, 0.15) is 5.82 Å². The predicted octanol–water partition coefficient (Wildman–Crippen LogP) is 2.75. The Morgan fingerprint density at radius 1 is 1.00 bits per heavy atom. The van der Waals surface area contributed by atoms with E-state index in [4.69, 9.17) is 0 Å². The summed E-state index contributed by atoms with van der Waals surface area (Å²) in [6.07, 6.45) is 5.00. The molecule has 1 aliphatic heterocycles. The highest BCUT2D eigenvalue weighted by atomic mass is 19.1. The third-order valence-electron chi connectivity index (χ3n) is 3.82. The maximum absolute atomic E-state index is 13.1. The lowest BCUT2D eigenvalue weighted by Gasteiger charge is -2.29. The zero-order valence-electron chi connectivity index (χ0n) is 9.99. The first kappa shape index (κ1) is 11.4. The number of rotatable bonds is 1. The molecule has 0 spiro atoms. The Morgan fingerprint density at radius 3 is 2.39 bits per heavy atom. The van der Waals surface area contributed by atoms with Crippen molar-refractivity contribution in [1.29, 1.82) is 0 Å². The molecule has 0 bridgehead atoms. The Bertz CT molecular complexity index is 521. The molecule has 2 aliphatic rings. The van der Waals surface area contributed by atoms with Crippen LogP contribution in [0.2, 0.25) is 0 Å². The molecule has 18 heavy (non-hydrogen) atoms. The van der Waals surface area contributed by atoms with E-state index in [0.29, 0.717) is 5.56 Å². The summed E-state index contributed by atoms with van der Waals surface area (Å²) in [6, 6.07) is 3.80. The number of halogens is 1. The van der Waals surface area contributed by atoms with Crippen LogP contribution in [0.1, 0.15) is 52.8 Å². The molecule has 0 atom stereocenters. The van der Waals surface area contributed by atoms with Gasteiger partial charge >= 0.3 is 0 Å². The second-order valence-electron chi connectivity index (χ2n) is 4.96. The lowest BCUT2D eigenvalue weighted by atomic mass is 9.94. The Hall–Kier alpha value is -1.71. The lowest BCUT2D eigenvalue weighted by molar-refractivity contribution is 0.0549. The van der Waals surface area contributed by atoms with Crippen molar-refractivity contribution in [2.75, 3.05) is 0 Å². The molecule has 2 amide bonds. The minimum Gasteiger partial charge on any atom is -0.271 e. The summed E-state index contributed by atoms with van der Waals surface area (Å²) in [5.41, 5.74) is 0.553. The molecule has 1 fully saturated rings. The van der Waals surface area contributed by atoms with E-state index in [9.17, 15) is 14.0 Å². The fourth-order valence-electron chi connectivity index (χ4n) is 2.90. The minimum atomic E-state index is -0.472. The third-order valence-corrected chi connectivity index (χ3v) is 3.82. The molecule has 1 aliphatic carbocycles. The van der Waals surface area contributed by atoms with Crippen molar-refractivity contribution in [2.24, 2.45) is 0 Å². The maximum atomic E-state index is 13.1. The zero-order chi connectivity index (χ0) is 12.7. The molecule has 0 unspecified atom stereocenters. The summed E-state index contributed by atoms with van der Waals surface area (Å²) in [5, 5.41) is 0. The Morgan fingerprint density at radius 2 is 1.67 bits per heavy atom. The smallest absolute Gasteiger partial charge is 0.261 e. The number of hydrogen-bond donors (Lipinski definition) is 0. The van der Waals surface area contributed by atoms with Gasteiger partial charge in [-0.15, -0.1) is 0 Å². The Labute approximate surface area is 105 Å². The number of imide groups is 1. The van der Waals surface area contributed by atoms with E-state index in [0.717, 1.165) is 32.1 Å². The standard InChI is InChI=1S/C14H14FNO2/c15-9-6-7-11-12(8-9)14(18)16(13(11)17)10-4-2-1-3-5-10/h6-8,10H,1-5H2. The van der Waals surface area contributed by atoms with Crippen LogP contribution in [0.15, 0.2) is 18.2 Å². The average molecular weight is 247 g/mol. The number of fused-ring (bicyclic) bond motifs is 1. The average Bonchev–Trinajstić information content (AvgIpc) is 2.63. The second-order valence-corrected chi connectivity index (χ2v) is 4.96. The summed E-state index contributed by atoms with van der Waals surface area (Å²) in [7, 11) is 0. The van der Waals surface area contributed by atoms with Crippen molar-refractivity contribution in [3.05, 3.63) is 35.1 Å². The van der Waals surface area contributed by atoms with E-state index < -0.39 is 5.82 Å². The highest BCUT2D eigenvalue weighted by Gasteiger charge is 2.40. The van der Waals surface area contributed by atoms with Crippen LogP contribution >= 0.6 is 0 Å². The summed E-state index contributed by atoms with van der Waals surface area (Å²) < 4.78 is 13.1. The highest BCUT2D eigenvalue weighted by molar-refractivity contribution is 6.21. The number of carbonyl (C=O) groups is 2. The molecule has 1 aromatic rings. The Kier molecular flexibility index (Phi) is 2.65. The summed E-state index contributed by atoms with van der Waals surface area (Å²) in [5.74, 6) is -1.07. The van der Waals surface area contributed by atoms with Gasteiger partial charge in [0.05, 0.1) is 11.1 Å². The molecule has 94 valence electrons. The van der Waals surface area contributed by atoms with Crippen molar-refractivity contribution < 1.29 is 14.0 Å². The van der Waals surface area contributed by atoms with E-state index in [-0.39, 0.29) is 23.4 Å². The van der Waals surface area contributed by atoms with Crippen LogP contribution in [0, 0.1) is 5.82 Å². The van der Waals surface area contributed by atoms with E-state index in [2.05, 4.69) is 0 Å². The largest absolute Gasteiger partial charge is 0.271 e. The molecule has 1 saturated carbocycles. The molecule has 4 heteroatoms. The van der Waals surface area contributed by atoms with Gasteiger partial charge in [0.2, 0.25) is 0 Å². The van der Waals surface area contributed by atoms with Gasteiger partial charge in [-0.1, -0.05) is 19.3 Å². The number of hydrogen-bond acceptors (Lipinski definition) is 2. The summed E-state index contributed by atoms with van der Waals surface area (Å²) >= 11 is 0. The fourth-order valence-corrected chi connectivity index (χ4v) is 2.90. The van der Waals surface area contributed by atoms with Gasteiger partial charge in [-0.3, -0.25) is 14.5 Å². The van der Waals surface area contributed by atoms with E-state index >= 15 is 0 Å². The van der Waals surface area contributed by atoms with Gasteiger partial charge < -0.3 is 0 Å². The highest BCUT2D eigenvalue weighted by Crippen LogP contribution is 2.31. The van der Waals surface area contributed by atoms with Crippen LogP contribution in [0.3, 0.4) is 0 Å². The molecule has 0 saturated heterocycles. The van der Waals surface area contributed by atoms with Crippen molar-refractivity contribution in [3.63, 3.8) is 0 Å². The quantitative estimate of drug-likeness (QED) is 0.715. The monoisotopic (exact) mass is 247 g/mol. The first-order chi connectivity index (χ1) is 8.68. The van der Waals surface area contributed by atoms with Crippen molar-refractivity contribution in [2.45, 2.75) is 38.1 Å². The molecule has 3 rings (SSSR count). The molecule has 0 radical (unpaired) electrons. The van der Waals surface area contributed by atoms with Crippen molar-refractivity contribution in [3.8, 4) is 0 Å². The van der Waals surface area contributed by atoms with Crippen LogP contribution in [-0.4, -0.2) is 22.8 Å². The summed E-state index contributed by atoms with van der Waals surface area (Å²) in [6.45, 7) is 0. The molecule has 1 aromatic carbocycles. The van der Waals surface area contributed by atoms with Crippen LogP contribution in [0.4, 0.5) is 4.39 Å². The molecular weight excluding hydrogens is 233 g/mol. The molecule has 0 aromatic heterocycles. The summed E-state index contributed by atoms with van der Waals surface area (Å²) in [4.78, 5) is 25.7. The van der Waals surface area contributed by atoms with E-state index in [1.807, 2.05) is 0 Å². The second kappa shape index (κ2) is 4.19. The van der Waals surface area contributed by atoms with Gasteiger partial charge in [0.15, 0.2) is 0 Å². The fraction of sp³-hybridized carbons (Fsp3) is 0.429. The van der Waals surface area contributed by atoms with Gasteiger partial charge in [-0.25, -0.2) is 4.39 Å². The topological polar surface area (TPSA) is 37.4 Å². The normalized spacial score (nSPS) is 20.4. The number of benzene rings is 1. The first-order valence-electron chi connectivity index (χ1n) is 6.36. The number of nitrogens with zero attached hydrogens (tertiary/aromatic N) is 1. The number of carbonyl (C=O) groups excluding carboxylic acids is 2. The van der Waals surface area contributed by atoms with E-state index in [1.165, 1.54) is 23.1 Å². The zero-order valence-corrected chi connectivity index (χ0v) is 9.99. The van der Waals surface area contributed by atoms with E-state index in [1.54, 1.807) is 0 Å². The van der Waals surface area contributed by atoms with Crippen molar-refractivity contribution in [1.82, 2.24) is 4.90 Å².